The molecule has 6 nitrogen and oxygen atoms in total. The Balaban J connectivity index is 2.01. The van der Waals surface area contributed by atoms with Gasteiger partial charge in [-0.05, 0) is 24.3 Å². The number of amides is 1. The van der Waals surface area contributed by atoms with E-state index in [0.717, 1.165) is 0 Å². The van der Waals surface area contributed by atoms with Crippen LogP contribution in [0.15, 0.2) is 42.5 Å². The minimum Gasteiger partial charge on any atom is -0.493 e. The van der Waals surface area contributed by atoms with Gasteiger partial charge in [0.25, 0.3) is 5.91 Å². The Hall–Kier alpha value is -3.34. The number of carbonyl (C=O) groups is 1. The smallest absolute Gasteiger partial charge is 0.387 e. The van der Waals surface area contributed by atoms with E-state index >= 15 is 0 Å². The van der Waals surface area contributed by atoms with Crippen molar-refractivity contribution in [1.29, 1.82) is 5.26 Å². The van der Waals surface area contributed by atoms with Gasteiger partial charge in [0.1, 0.15) is 11.8 Å². The number of halogens is 2. The molecule has 0 aromatic heterocycles. The number of nitriles is 1. The fourth-order valence-corrected chi connectivity index (χ4v) is 1.97. The van der Waals surface area contributed by atoms with Crippen LogP contribution in [0.2, 0.25) is 0 Å². The van der Waals surface area contributed by atoms with E-state index < -0.39 is 12.5 Å². The number of alkyl halides is 2. The summed E-state index contributed by atoms with van der Waals surface area (Å²) in [5.41, 5.74) is 0.533. The standard InChI is InChI=1S/C17H14F2N2O4/c1-23-14-7-6-12(8-15(14)25-17(18)19)21-16(22)10-24-13-5-3-2-4-11(13)9-20/h2-8,17H,10H2,1H3,(H,21,22). The van der Waals surface area contributed by atoms with E-state index in [4.69, 9.17) is 14.7 Å². The van der Waals surface area contributed by atoms with Gasteiger partial charge in [-0.1, -0.05) is 12.1 Å². The molecule has 0 unspecified atom stereocenters. The number of ether oxygens (including phenoxy) is 3. The van der Waals surface area contributed by atoms with Crippen LogP contribution in [0.25, 0.3) is 0 Å². The van der Waals surface area contributed by atoms with Crippen molar-refractivity contribution < 1.29 is 27.8 Å². The van der Waals surface area contributed by atoms with Gasteiger partial charge in [-0.25, -0.2) is 0 Å². The number of methoxy groups -OCH3 is 1. The van der Waals surface area contributed by atoms with Gasteiger partial charge in [-0.3, -0.25) is 4.79 Å². The lowest BCUT2D eigenvalue weighted by Gasteiger charge is -2.12. The molecule has 130 valence electrons. The molecule has 0 saturated carbocycles. The first-order valence-electron chi connectivity index (χ1n) is 7.08. The Morgan fingerprint density at radius 1 is 1.20 bits per heavy atom. The van der Waals surface area contributed by atoms with E-state index in [1.54, 1.807) is 24.3 Å². The highest BCUT2D eigenvalue weighted by molar-refractivity contribution is 5.92. The molecule has 1 amide bonds. The Bertz CT molecular complexity index is 790. The second-order valence-electron chi connectivity index (χ2n) is 4.69. The zero-order chi connectivity index (χ0) is 18.2. The molecule has 0 fully saturated rings. The molecule has 1 N–H and O–H groups in total. The van der Waals surface area contributed by atoms with Crippen molar-refractivity contribution in [2.75, 3.05) is 19.0 Å². The summed E-state index contributed by atoms with van der Waals surface area (Å²) < 4.78 is 39.3. The Kier molecular flexibility index (Phi) is 6.12. The second-order valence-corrected chi connectivity index (χ2v) is 4.69. The van der Waals surface area contributed by atoms with Gasteiger partial charge in [-0.2, -0.15) is 14.0 Å². The van der Waals surface area contributed by atoms with Crippen molar-refractivity contribution in [2.24, 2.45) is 0 Å². The maximum atomic E-state index is 12.4. The van der Waals surface area contributed by atoms with Crippen LogP contribution in [0.1, 0.15) is 5.56 Å². The fraction of sp³-hybridized carbons (Fsp3) is 0.176. The third kappa shape index (κ3) is 5.07. The van der Waals surface area contributed by atoms with Crippen LogP contribution in [0.4, 0.5) is 14.5 Å². The zero-order valence-electron chi connectivity index (χ0n) is 13.2. The first-order chi connectivity index (χ1) is 12.0. The first kappa shape index (κ1) is 18.0. The highest BCUT2D eigenvalue weighted by Gasteiger charge is 2.13. The van der Waals surface area contributed by atoms with Crippen LogP contribution < -0.4 is 19.5 Å². The molecule has 0 radical (unpaired) electrons. The van der Waals surface area contributed by atoms with Gasteiger partial charge in [0.15, 0.2) is 18.1 Å². The van der Waals surface area contributed by atoms with Crippen molar-refractivity contribution in [3.05, 3.63) is 48.0 Å². The minimum absolute atomic E-state index is 0.109. The quantitative estimate of drug-likeness (QED) is 0.831. The van der Waals surface area contributed by atoms with E-state index in [2.05, 4.69) is 10.1 Å². The largest absolute Gasteiger partial charge is 0.493 e. The van der Waals surface area contributed by atoms with Gasteiger partial charge in [0.2, 0.25) is 0 Å². The van der Waals surface area contributed by atoms with Gasteiger partial charge in [0.05, 0.1) is 12.7 Å². The number of para-hydroxylation sites is 1. The van der Waals surface area contributed by atoms with Crippen LogP contribution in [-0.2, 0) is 4.79 Å². The summed E-state index contributed by atoms with van der Waals surface area (Å²) in [6, 6.07) is 12.5. The van der Waals surface area contributed by atoms with Crippen molar-refractivity contribution in [1.82, 2.24) is 0 Å². The van der Waals surface area contributed by atoms with E-state index in [0.29, 0.717) is 5.56 Å². The lowest BCUT2D eigenvalue weighted by Crippen LogP contribution is -2.20. The summed E-state index contributed by atoms with van der Waals surface area (Å²) in [6.45, 7) is -3.37. The Labute approximate surface area is 142 Å². The zero-order valence-corrected chi connectivity index (χ0v) is 13.2. The molecule has 2 rings (SSSR count). The summed E-state index contributed by atoms with van der Waals surface area (Å²) in [5.74, 6) is -0.346. The van der Waals surface area contributed by atoms with Gasteiger partial charge in [0, 0.05) is 11.8 Å². The number of carbonyl (C=O) groups excluding carboxylic acids is 1. The predicted molar refractivity (Wildman–Crippen MR) is 84.9 cm³/mol. The van der Waals surface area contributed by atoms with Crippen LogP contribution in [0, 0.1) is 11.3 Å². The third-order valence-corrected chi connectivity index (χ3v) is 3.03. The molecule has 0 aliphatic carbocycles. The third-order valence-electron chi connectivity index (χ3n) is 3.03. The molecule has 0 heterocycles. The van der Waals surface area contributed by atoms with Gasteiger partial charge < -0.3 is 19.5 Å². The second kappa shape index (κ2) is 8.49. The first-order valence-corrected chi connectivity index (χ1v) is 7.08. The normalized spacial score (nSPS) is 10.0. The minimum atomic E-state index is -3.02. The molecule has 0 spiro atoms. The van der Waals surface area contributed by atoms with Crippen LogP contribution in [0.3, 0.4) is 0 Å². The van der Waals surface area contributed by atoms with Gasteiger partial charge >= 0.3 is 6.61 Å². The van der Waals surface area contributed by atoms with Crippen LogP contribution in [0.5, 0.6) is 17.2 Å². The lowest BCUT2D eigenvalue weighted by atomic mass is 10.2. The molecular weight excluding hydrogens is 334 g/mol. The van der Waals surface area contributed by atoms with Crippen molar-refractivity contribution in [3.8, 4) is 23.3 Å². The van der Waals surface area contributed by atoms with Crippen molar-refractivity contribution in [2.45, 2.75) is 6.61 Å². The maximum absolute atomic E-state index is 12.4. The van der Waals surface area contributed by atoms with Crippen LogP contribution >= 0.6 is 0 Å². The van der Waals surface area contributed by atoms with Gasteiger partial charge in [-0.15, -0.1) is 0 Å². The van der Waals surface area contributed by atoms with Crippen molar-refractivity contribution >= 4 is 11.6 Å². The maximum Gasteiger partial charge on any atom is 0.387 e. The van der Waals surface area contributed by atoms with E-state index in [1.807, 2.05) is 6.07 Å². The Morgan fingerprint density at radius 2 is 1.96 bits per heavy atom. The number of anilines is 1. The summed E-state index contributed by atoms with van der Waals surface area (Å²) >= 11 is 0. The van der Waals surface area contributed by atoms with E-state index in [9.17, 15) is 13.6 Å². The number of nitrogens with zero attached hydrogens (tertiary/aromatic N) is 1. The molecule has 0 bridgehead atoms. The average Bonchev–Trinajstić information content (AvgIpc) is 2.60. The highest BCUT2D eigenvalue weighted by Crippen LogP contribution is 2.31. The SMILES string of the molecule is COc1ccc(NC(=O)COc2ccccc2C#N)cc1OC(F)F. The molecule has 0 saturated heterocycles. The molecule has 2 aromatic rings. The fourth-order valence-electron chi connectivity index (χ4n) is 1.97. The monoisotopic (exact) mass is 348 g/mol. The average molecular weight is 348 g/mol. The number of benzene rings is 2. The molecule has 0 aliphatic heterocycles. The van der Waals surface area contributed by atoms with E-state index in [-0.39, 0.29) is 29.5 Å². The summed E-state index contributed by atoms with van der Waals surface area (Å²) in [7, 11) is 1.31. The highest BCUT2D eigenvalue weighted by atomic mass is 19.3. The molecule has 25 heavy (non-hydrogen) atoms. The molecular formula is C17H14F2N2O4. The number of rotatable bonds is 7. The predicted octanol–water partition coefficient (Wildman–Crippen LogP) is 3.19. The Morgan fingerprint density at radius 3 is 2.64 bits per heavy atom. The topological polar surface area (TPSA) is 80.6 Å². The summed E-state index contributed by atoms with van der Waals surface area (Å²) in [5, 5.41) is 11.4. The number of nitrogens with one attached hydrogen (secondary N) is 1. The number of hydrogen-bond acceptors (Lipinski definition) is 5. The summed E-state index contributed by atoms with van der Waals surface area (Å²) in [6.07, 6.45) is 0. The molecule has 2 aromatic carbocycles. The lowest BCUT2D eigenvalue weighted by molar-refractivity contribution is -0.118. The molecule has 0 aliphatic rings. The van der Waals surface area contributed by atoms with E-state index in [1.165, 1.54) is 25.3 Å². The molecule has 8 heteroatoms. The van der Waals surface area contributed by atoms with Crippen molar-refractivity contribution in [3.63, 3.8) is 0 Å². The molecule has 0 atom stereocenters. The number of hydrogen-bond donors (Lipinski definition) is 1. The summed E-state index contributed by atoms with van der Waals surface area (Å²) in [4.78, 5) is 11.9. The van der Waals surface area contributed by atoms with Crippen LogP contribution in [-0.4, -0.2) is 26.2 Å².